The van der Waals surface area contributed by atoms with E-state index in [1.807, 2.05) is 12.1 Å². The Kier molecular flexibility index (Phi) is 5.64. The minimum atomic E-state index is -0.942. The Labute approximate surface area is 112 Å². The van der Waals surface area contributed by atoms with Gasteiger partial charge in [-0.2, -0.15) is 0 Å². The minimum absolute atomic E-state index is 0.0312. The number of aliphatic carboxylic acids is 1. The maximum atomic E-state index is 11.4. The van der Waals surface area contributed by atoms with Crippen LogP contribution in [0.1, 0.15) is 18.2 Å². The van der Waals surface area contributed by atoms with Crippen molar-refractivity contribution in [3.05, 3.63) is 20.8 Å². The summed E-state index contributed by atoms with van der Waals surface area (Å²) in [6.45, 7) is 2.07. The van der Waals surface area contributed by atoms with Crippen LogP contribution in [0.15, 0.2) is 15.9 Å². The average molecular weight is 320 g/mol. The van der Waals surface area contributed by atoms with Gasteiger partial charge in [0, 0.05) is 17.8 Å². The van der Waals surface area contributed by atoms with E-state index in [0.29, 0.717) is 6.54 Å². The molecule has 0 aromatic carbocycles. The first kappa shape index (κ1) is 14.2. The number of hydrogen-bond acceptors (Lipinski definition) is 3. The lowest BCUT2D eigenvalue weighted by Crippen LogP contribution is -2.28. The third-order valence-electron chi connectivity index (χ3n) is 2.24. The Hall–Kier alpha value is -0.880. The van der Waals surface area contributed by atoms with E-state index < -0.39 is 11.9 Å². The van der Waals surface area contributed by atoms with Gasteiger partial charge in [-0.1, -0.05) is 6.92 Å². The molecular formula is C11H14BrNO3S. The fourth-order valence-corrected chi connectivity index (χ4v) is 2.73. The van der Waals surface area contributed by atoms with Crippen molar-refractivity contribution >= 4 is 39.1 Å². The van der Waals surface area contributed by atoms with Gasteiger partial charge in [-0.05, 0) is 34.5 Å². The molecule has 1 heterocycles. The van der Waals surface area contributed by atoms with Gasteiger partial charge in [0.2, 0.25) is 5.91 Å². The predicted molar refractivity (Wildman–Crippen MR) is 70.1 cm³/mol. The van der Waals surface area contributed by atoms with Crippen molar-refractivity contribution in [2.24, 2.45) is 5.92 Å². The number of carboxylic acid groups (broad SMARTS) is 1. The molecule has 1 aromatic rings. The van der Waals surface area contributed by atoms with Crippen molar-refractivity contribution in [1.82, 2.24) is 5.32 Å². The highest BCUT2D eigenvalue weighted by Gasteiger charge is 2.15. The summed E-state index contributed by atoms with van der Waals surface area (Å²) in [4.78, 5) is 23.1. The normalized spacial score (nSPS) is 12.1. The zero-order chi connectivity index (χ0) is 12.8. The van der Waals surface area contributed by atoms with E-state index in [2.05, 4.69) is 21.2 Å². The maximum Gasteiger partial charge on any atom is 0.306 e. The number of rotatable bonds is 6. The topological polar surface area (TPSA) is 66.4 Å². The minimum Gasteiger partial charge on any atom is -0.481 e. The lowest BCUT2D eigenvalue weighted by Gasteiger charge is -2.06. The van der Waals surface area contributed by atoms with Crippen molar-refractivity contribution in [1.29, 1.82) is 0 Å². The zero-order valence-electron chi connectivity index (χ0n) is 9.40. The standard InChI is InChI=1S/C11H14BrNO3S/c1-7(11(15)16)6-10(14)13-5-4-8-2-3-9(12)17-8/h2-3,7H,4-6H2,1H3,(H,13,14)(H,15,16). The highest BCUT2D eigenvalue weighted by molar-refractivity contribution is 9.11. The molecule has 1 unspecified atom stereocenters. The SMILES string of the molecule is CC(CC(=O)NCCc1ccc(Br)s1)C(=O)O. The zero-order valence-corrected chi connectivity index (χ0v) is 11.8. The molecule has 2 N–H and O–H groups in total. The van der Waals surface area contributed by atoms with E-state index in [9.17, 15) is 9.59 Å². The van der Waals surface area contributed by atoms with Gasteiger partial charge in [-0.3, -0.25) is 9.59 Å². The molecule has 1 aromatic heterocycles. The van der Waals surface area contributed by atoms with E-state index in [0.717, 1.165) is 10.2 Å². The van der Waals surface area contributed by atoms with Crippen LogP contribution in [0.2, 0.25) is 0 Å². The van der Waals surface area contributed by atoms with Crippen LogP contribution in [0.3, 0.4) is 0 Å². The fourth-order valence-electron chi connectivity index (χ4n) is 1.25. The van der Waals surface area contributed by atoms with Crippen LogP contribution in [-0.2, 0) is 16.0 Å². The van der Waals surface area contributed by atoms with Crippen LogP contribution in [0.4, 0.5) is 0 Å². The van der Waals surface area contributed by atoms with Crippen molar-refractivity contribution < 1.29 is 14.7 Å². The second-order valence-corrected chi connectivity index (χ2v) is 6.30. The second kappa shape index (κ2) is 6.76. The van der Waals surface area contributed by atoms with Crippen LogP contribution in [0.5, 0.6) is 0 Å². The van der Waals surface area contributed by atoms with Gasteiger partial charge >= 0.3 is 5.97 Å². The summed E-state index contributed by atoms with van der Waals surface area (Å²) in [5, 5.41) is 11.4. The molecule has 0 bridgehead atoms. The number of nitrogens with one attached hydrogen (secondary N) is 1. The number of halogens is 1. The van der Waals surface area contributed by atoms with Gasteiger partial charge in [0.25, 0.3) is 0 Å². The van der Waals surface area contributed by atoms with Crippen molar-refractivity contribution in [2.45, 2.75) is 19.8 Å². The van der Waals surface area contributed by atoms with Gasteiger partial charge < -0.3 is 10.4 Å². The number of thiophene rings is 1. The molecule has 0 spiro atoms. The first-order valence-electron chi connectivity index (χ1n) is 5.22. The molecule has 1 amide bonds. The van der Waals surface area contributed by atoms with Crippen LogP contribution in [0.25, 0.3) is 0 Å². The van der Waals surface area contributed by atoms with Crippen molar-refractivity contribution in [3.63, 3.8) is 0 Å². The molecule has 0 aliphatic heterocycles. The van der Waals surface area contributed by atoms with Gasteiger partial charge in [-0.25, -0.2) is 0 Å². The molecule has 17 heavy (non-hydrogen) atoms. The molecule has 0 aliphatic carbocycles. The molecule has 94 valence electrons. The molecule has 6 heteroatoms. The second-order valence-electron chi connectivity index (χ2n) is 3.75. The maximum absolute atomic E-state index is 11.4. The summed E-state index contributed by atoms with van der Waals surface area (Å²) in [5.41, 5.74) is 0. The Balaban J connectivity index is 2.22. The Morgan fingerprint density at radius 2 is 2.24 bits per heavy atom. The summed E-state index contributed by atoms with van der Waals surface area (Å²) in [6.07, 6.45) is 0.799. The largest absolute Gasteiger partial charge is 0.481 e. The fraction of sp³-hybridized carbons (Fsp3) is 0.455. The number of carbonyl (C=O) groups is 2. The Morgan fingerprint density at radius 3 is 2.76 bits per heavy atom. The molecular weight excluding hydrogens is 306 g/mol. The van der Waals surface area contributed by atoms with Crippen LogP contribution >= 0.6 is 27.3 Å². The molecule has 0 saturated carbocycles. The first-order chi connectivity index (χ1) is 7.99. The summed E-state index contributed by atoms with van der Waals surface area (Å²) >= 11 is 5.00. The number of carbonyl (C=O) groups excluding carboxylic acids is 1. The lowest BCUT2D eigenvalue weighted by molar-refractivity contribution is -0.143. The highest BCUT2D eigenvalue weighted by atomic mass is 79.9. The third kappa shape index (κ3) is 5.32. The highest BCUT2D eigenvalue weighted by Crippen LogP contribution is 2.22. The lowest BCUT2D eigenvalue weighted by atomic mass is 10.1. The Bertz CT molecular complexity index is 405. The molecule has 4 nitrogen and oxygen atoms in total. The number of amides is 1. The van der Waals surface area contributed by atoms with E-state index in [4.69, 9.17) is 5.11 Å². The first-order valence-corrected chi connectivity index (χ1v) is 6.83. The van der Waals surface area contributed by atoms with Crippen LogP contribution < -0.4 is 5.32 Å². The number of carboxylic acids is 1. The molecule has 0 aliphatic rings. The Morgan fingerprint density at radius 1 is 1.53 bits per heavy atom. The van der Waals surface area contributed by atoms with Crippen molar-refractivity contribution in [3.8, 4) is 0 Å². The van der Waals surface area contributed by atoms with Gasteiger partial charge in [0.05, 0.1) is 9.70 Å². The molecule has 1 rings (SSSR count). The third-order valence-corrected chi connectivity index (χ3v) is 3.92. The van der Waals surface area contributed by atoms with Gasteiger partial charge in [0.1, 0.15) is 0 Å². The van der Waals surface area contributed by atoms with Crippen LogP contribution in [-0.4, -0.2) is 23.5 Å². The summed E-state index contributed by atoms with van der Waals surface area (Å²) in [6, 6.07) is 3.97. The molecule has 0 saturated heterocycles. The number of hydrogen-bond donors (Lipinski definition) is 2. The van der Waals surface area contributed by atoms with E-state index in [-0.39, 0.29) is 12.3 Å². The summed E-state index contributed by atoms with van der Waals surface area (Å²) in [5.74, 6) is -1.79. The monoisotopic (exact) mass is 319 g/mol. The molecule has 0 fully saturated rings. The van der Waals surface area contributed by atoms with Gasteiger partial charge in [0.15, 0.2) is 0 Å². The summed E-state index contributed by atoms with van der Waals surface area (Å²) < 4.78 is 1.07. The van der Waals surface area contributed by atoms with Crippen molar-refractivity contribution in [2.75, 3.05) is 6.54 Å². The quantitative estimate of drug-likeness (QED) is 0.845. The molecule has 0 radical (unpaired) electrons. The van der Waals surface area contributed by atoms with E-state index in [1.165, 1.54) is 11.8 Å². The average Bonchev–Trinajstić information content (AvgIpc) is 2.64. The van der Waals surface area contributed by atoms with Crippen LogP contribution in [0, 0.1) is 5.92 Å². The molecule has 1 atom stereocenters. The summed E-state index contributed by atoms with van der Waals surface area (Å²) in [7, 11) is 0. The van der Waals surface area contributed by atoms with E-state index in [1.54, 1.807) is 11.3 Å². The van der Waals surface area contributed by atoms with Gasteiger partial charge in [-0.15, -0.1) is 11.3 Å². The smallest absolute Gasteiger partial charge is 0.306 e. The van der Waals surface area contributed by atoms with E-state index >= 15 is 0 Å². The predicted octanol–water partition coefficient (Wildman–Crippen LogP) is 2.28.